The molecule has 0 fully saturated rings. The molecule has 0 N–H and O–H groups in total. The number of hydrogen-bond donors (Lipinski definition) is 0. The van der Waals surface area contributed by atoms with Gasteiger partial charge in [-0.05, 0) is 138 Å². The number of anilines is 3. The average Bonchev–Trinajstić information content (AvgIpc) is 3.78. The molecule has 0 aliphatic heterocycles. The Kier molecular flexibility index (Phi) is 9.35. The van der Waals surface area contributed by atoms with Gasteiger partial charge < -0.3 is 14.0 Å². The Morgan fingerprint density at radius 3 is 1.57 bits per heavy atom. The first-order valence-electron chi connectivity index (χ1n) is 21.5. The second kappa shape index (κ2) is 15.4. The second-order valence-corrected chi connectivity index (χ2v) is 19.5. The monoisotopic (exact) mass is 826 g/mol. The van der Waals surface area contributed by atoms with Crippen LogP contribution in [0.4, 0.5) is 17.1 Å². The minimum absolute atomic E-state index is 0.202. The van der Waals surface area contributed by atoms with Crippen LogP contribution in [0, 0.1) is 11.8 Å². The molecular weight excluding hydrogens is 784 g/mol. The van der Waals surface area contributed by atoms with Crippen molar-refractivity contribution in [1.29, 1.82) is 0 Å². The van der Waals surface area contributed by atoms with E-state index in [1.54, 1.807) is 0 Å². The fourth-order valence-electron chi connectivity index (χ4n) is 9.53. The summed E-state index contributed by atoms with van der Waals surface area (Å²) in [6.45, 7) is 4.66. The van der Waals surface area contributed by atoms with Gasteiger partial charge in [-0.1, -0.05) is 135 Å². The van der Waals surface area contributed by atoms with Gasteiger partial charge in [0, 0.05) is 66.0 Å². The highest BCUT2D eigenvalue weighted by Crippen LogP contribution is 2.51. The molecule has 11 rings (SSSR count). The first kappa shape index (κ1) is 38.3. The number of fused-ring (bicyclic) bond motifs is 6. The molecule has 9 aromatic carbocycles. The molecule has 0 bridgehead atoms. The lowest BCUT2D eigenvalue weighted by Crippen LogP contribution is -2.25. The molecule has 0 saturated carbocycles. The molecule has 10 aromatic rings. The van der Waals surface area contributed by atoms with E-state index in [9.17, 15) is 0 Å². The number of rotatable bonds is 7. The SMILES string of the molecule is CC1(C)c2cc(C#Cc3ccc(P(=O)(c4ccccc4)c4ccc(N(c5ccccc5)c5ccccc5)cc4)cc3)ccc2-c2cc3c(cc21)c1ccccc1n3-c1ccccc1. The van der Waals surface area contributed by atoms with Crippen molar-refractivity contribution in [2.45, 2.75) is 19.3 Å². The number of aromatic nitrogens is 1. The van der Waals surface area contributed by atoms with E-state index in [0.29, 0.717) is 0 Å². The molecule has 1 unspecified atom stereocenters. The Morgan fingerprint density at radius 2 is 0.921 bits per heavy atom. The van der Waals surface area contributed by atoms with E-state index in [2.05, 4.69) is 156 Å². The Bertz CT molecular complexity index is 3380. The van der Waals surface area contributed by atoms with Crippen LogP contribution in [0.1, 0.15) is 36.1 Å². The Morgan fingerprint density at radius 1 is 0.429 bits per heavy atom. The highest BCUT2D eigenvalue weighted by molar-refractivity contribution is 7.85. The largest absolute Gasteiger partial charge is 0.311 e. The smallest absolute Gasteiger partial charge is 0.171 e. The topological polar surface area (TPSA) is 25.2 Å². The van der Waals surface area contributed by atoms with Gasteiger partial charge >= 0.3 is 0 Å². The number of hydrogen-bond acceptors (Lipinski definition) is 2. The summed E-state index contributed by atoms with van der Waals surface area (Å²) >= 11 is 0. The Labute approximate surface area is 368 Å². The molecular formula is C59H43N2OP. The second-order valence-electron chi connectivity index (χ2n) is 16.8. The third-order valence-electron chi connectivity index (χ3n) is 12.7. The van der Waals surface area contributed by atoms with E-state index < -0.39 is 7.14 Å². The van der Waals surface area contributed by atoms with E-state index in [4.69, 9.17) is 0 Å². The summed E-state index contributed by atoms with van der Waals surface area (Å²) < 4.78 is 17.9. The molecule has 0 saturated heterocycles. The minimum Gasteiger partial charge on any atom is -0.311 e. The van der Waals surface area contributed by atoms with Crippen LogP contribution in [-0.2, 0) is 9.98 Å². The van der Waals surface area contributed by atoms with Crippen molar-refractivity contribution in [2.24, 2.45) is 0 Å². The molecule has 1 aromatic heterocycles. The predicted molar refractivity (Wildman–Crippen MR) is 265 cm³/mol. The van der Waals surface area contributed by atoms with Gasteiger partial charge in [-0.15, -0.1) is 0 Å². The lowest BCUT2D eigenvalue weighted by Gasteiger charge is -2.26. The molecule has 0 amide bonds. The van der Waals surface area contributed by atoms with Gasteiger partial charge in [0.05, 0.1) is 11.0 Å². The maximum Gasteiger partial charge on any atom is 0.171 e. The van der Waals surface area contributed by atoms with Crippen molar-refractivity contribution >= 4 is 61.9 Å². The van der Waals surface area contributed by atoms with Gasteiger partial charge in [-0.2, -0.15) is 0 Å². The lowest BCUT2D eigenvalue weighted by atomic mass is 9.81. The number of benzene rings is 9. The molecule has 300 valence electrons. The van der Waals surface area contributed by atoms with Crippen LogP contribution >= 0.6 is 7.14 Å². The van der Waals surface area contributed by atoms with Crippen LogP contribution in [-0.4, -0.2) is 4.57 Å². The fraction of sp³-hybridized carbons (Fsp3) is 0.0508. The molecule has 1 heterocycles. The highest BCUT2D eigenvalue weighted by atomic mass is 31.2. The van der Waals surface area contributed by atoms with Crippen molar-refractivity contribution in [3.8, 4) is 28.7 Å². The minimum atomic E-state index is -3.23. The van der Waals surface area contributed by atoms with Crippen molar-refractivity contribution in [1.82, 2.24) is 4.57 Å². The van der Waals surface area contributed by atoms with Crippen LogP contribution < -0.4 is 20.8 Å². The van der Waals surface area contributed by atoms with Crippen LogP contribution in [0.2, 0.25) is 0 Å². The summed E-state index contributed by atoms with van der Waals surface area (Å²) in [6, 6.07) is 77.5. The summed E-state index contributed by atoms with van der Waals surface area (Å²) in [4.78, 5) is 2.22. The molecule has 63 heavy (non-hydrogen) atoms. The average molecular weight is 827 g/mol. The third kappa shape index (κ3) is 6.51. The summed E-state index contributed by atoms with van der Waals surface area (Å²) in [6.07, 6.45) is 0. The maximum atomic E-state index is 15.6. The normalized spacial score (nSPS) is 13.4. The molecule has 1 aliphatic rings. The number of nitrogens with zero attached hydrogens (tertiary/aromatic N) is 2. The van der Waals surface area contributed by atoms with Gasteiger partial charge in [0.15, 0.2) is 7.14 Å². The van der Waals surface area contributed by atoms with Gasteiger partial charge in [-0.25, -0.2) is 0 Å². The van der Waals surface area contributed by atoms with E-state index in [1.807, 2.05) is 103 Å². The molecule has 4 heteroatoms. The predicted octanol–water partition coefficient (Wildman–Crippen LogP) is 13.6. The maximum absolute atomic E-state index is 15.6. The summed E-state index contributed by atoms with van der Waals surface area (Å²) in [5.41, 5.74) is 13.5. The fourth-order valence-corrected chi connectivity index (χ4v) is 12.2. The summed E-state index contributed by atoms with van der Waals surface area (Å²) in [7, 11) is -3.23. The van der Waals surface area contributed by atoms with Crippen molar-refractivity contribution in [3.05, 3.63) is 247 Å². The van der Waals surface area contributed by atoms with E-state index in [0.717, 1.165) is 49.8 Å². The van der Waals surface area contributed by atoms with Crippen molar-refractivity contribution in [3.63, 3.8) is 0 Å². The van der Waals surface area contributed by atoms with Crippen LogP contribution in [0.3, 0.4) is 0 Å². The van der Waals surface area contributed by atoms with Gasteiger partial charge in [-0.3, -0.25) is 0 Å². The van der Waals surface area contributed by atoms with E-state index >= 15 is 4.57 Å². The standard InChI is InChI=1S/C59H43N2OP/c1-59(2)55-39-43(31-38-51(55)53-41-58-54(40-56(53)59)52-25-15-16-26-57(52)61(58)46-21-11-5-12-22-46)28-27-42-29-34-49(35-30-42)63(62,48-23-13-6-14-24-48)50-36-32-47(33-37-50)60(44-17-7-3-8-18-44)45-19-9-4-10-20-45/h3-26,29-41H,1-2H3. The highest BCUT2D eigenvalue weighted by Gasteiger charge is 2.37. The van der Waals surface area contributed by atoms with Crippen LogP contribution in [0.25, 0.3) is 38.6 Å². The number of para-hydroxylation sites is 4. The van der Waals surface area contributed by atoms with E-state index in [-0.39, 0.29) is 5.41 Å². The summed E-state index contributed by atoms with van der Waals surface area (Å²) in [5.74, 6) is 6.90. The Balaban J connectivity index is 0.917. The molecule has 1 aliphatic carbocycles. The van der Waals surface area contributed by atoms with Gasteiger partial charge in [0.1, 0.15) is 0 Å². The van der Waals surface area contributed by atoms with E-state index in [1.165, 1.54) is 44.1 Å². The van der Waals surface area contributed by atoms with Crippen molar-refractivity contribution in [2.75, 3.05) is 4.90 Å². The zero-order valence-corrected chi connectivity index (χ0v) is 36.0. The van der Waals surface area contributed by atoms with Crippen LogP contribution in [0.5, 0.6) is 0 Å². The molecule has 3 nitrogen and oxygen atoms in total. The van der Waals surface area contributed by atoms with Gasteiger partial charge in [0.2, 0.25) is 0 Å². The zero-order chi connectivity index (χ0) is 42.5. The Hall–Kier alpha value is -7.63. The zero-order valence-electron chi connectivity index (χ0n) is 35.1. The lowest BCUT2D eigenvalue weighted by molar-refractivity contribution is 0.592. The van der Waals surface area contributed by atoms with Crippen molar-refractivity contribution < 1.29 is 4.57 Å². The first-order valence-corrected chi connectivity index (χ1v) is 23.2. The van der Waals surface area contributed by atoms with Gasteiger partial charge in [0.25, 0.3) is 0 Å². The molecule has 0 radical (unpaired) electrons. The molecule has 1 atom stereocenters. The molecule has 0 spiro atoms. The summed E-state index contributed by atoms with van der Waals surface area (Å²) in [5, 5.41) is 4.87. The first-order chi connectivity index (χ1) is 30.9. The quantitative estimate of drug-likeness (QED) is 0.118. The van der Waals surface area contributed by atoms with Crippen LogP contribution in [0.15, 0.2) is 224 Å². The third-order valence-corrected chi connectivity index (χ3v) is 15.8.